The molecule has 1 aliphatic rings. The number of benzene rings is 2. The van der Waals surface area contributed by atoms with E-state index < -0.39 is 0 Å². The lowest BCUT2D eigenvalue weighted by molar-refractivity contribution is 0.240. The smallest absolute Gasteiger partial charge is 0.135 e. The molecule has 0 amide bonds. The van der Waals surface area contributed by atoms with Gasteiger partial charge in [-0.2, -0.15) is 0 Å². The summed E-state index contributed by atoms with van der Waals surface area (Å²) in [5.41, 5.74) is 4.25. The average Bonchev–Trinajstić information content (AvgIpc) is 3.46. The van der Waals surface area contributed by atoms with Gasteiger partial charge in [0.15, 0.2) is 0 Å². The van der Waals surface area contributed by atoms with E-state index in [1.54, 1.807) is 0 Å². The fourth-order valence-corrected chi connectivity index (χ4v) is 5.02. The van der Waals surface area contributed by atoms with Crippen LogP contribution >= 0.6 is 11.3 Å². The van der Waals surface area contributed by atoms with Crippen molar-refractivity contribution in [2.75, 3.05) is 6.54 Å². The molecule has 1 aliphatic heterocycles. The predicted octanol–water partition coefficient (Wildman–Crippen LogP) is 5.65. The van der Waals surface area contributed by atoms with Crippen molar-refractivity contribution >= 4 is 33.8 Å². The van der Waals surface area contributed by atoms with Gasteiger partial charge < -0.3 is 15.0 Å². The van der Waals surface area contributed by atoms with Gasteiger partial charge in [-0.05, 0) is 18.1 Å². The number of thiazole rings is 1. The number of nitrogens with one attached hydrogen (secondary N) is 2. The van der Waals surface area contributed by atoms with Crippen LogP contribution in [0.4, 0.5) is 0 Å². The summed E-state index contributed by atoms with van der Waals surface area (Å²) < 4.78 is 0. The summed E-state index contributed by atoms with van der Waals surface area (Å²) in [5, 5.41) is 22.3. The van der Waals surface area contributed by atoms with E-state index in [1.165, 1.54) is 11.3 Å². The summed E-state index contributed by atoms with van der Waals surface area (Å²) in [5.74, 6) is 1.45. The van der Waals surface area contributed by atoms with Gasteiger partial charge in [-0.15, -0.1) is 11.3 Å². The Labute approximate surface area is 184 Å². The molecule has 2 aromatic carbocycles. The highest BCUT2D eigenvalue weighted by Crippen LogP contribution is 2.38. The number of fused-ring (bicyclic) bond motifs is 1. The molecule has 6 nitrogen and oxygen atoms in total. The average molecular weight is 430 g/mol. The zero-order valence-electron chi connectivity index (χ0n) is 17.3. The number of rotatable bonds is 5. The Balaban J connectivity index is 1.47. The standard InChI is InChI=1S/C24H23N5OS/c1-14(2)21(23-26-16-10-6-7-11-17(16)27-23)29-12-19(30)20(22(29)25)24-28-18(13-31-24)15-8-4-3-5-9-15/h3-11,13-14,21,25,30H,12H2,1-2H3,(H,26,27)/t21-/m0/s1. The van der Waals surface area contributed by atoms with Gasteiger partial charge in [-0.25, -0.2) is 9.97 Å². The van der Waals surface area contributed by atoms with Crippen molar-refractivity contribution in [2.45, 2.75) is 19.9 Å². The first-order valence-corrected chi connectivity index (χ1v) is 11.1. The number of aliphatic hydroxyl groups is 1. The molecule has 156 valence electrons. The van der Waals surface area contributed by atoms with Crippen LogP contribution in [0.1, 0.15) is 30.7 Å². The van der Waals surface area contributed by atoms with Gasteiger partial charge in [0.05, 0.1) is 34.9 Å². The first-order chi connectivity index (χ1) is 15.0. The minimum absolute atomic E-state index is 0.159. The molecule has 1 atom stereocenters. The maximum Gasteiger partial charge on any atom is 0.135 e. The number of amidine groups is 1. The molecule has 0 unspecified atom stereocenters. The van der Waals surface area contributed by atoms with Crippen LogP contribution < -0.4 is 0 Å². The Morgan fingerprint density at radius 2 is 1.81 bits per heavy atom. The van der Waals surface area contributed by atoms with Crippen molar-refractivity contribution in [1.82, 2.24) is 19.9 Å². The molecular formula is C24H23N5OS. The van der Waals surface area contributed by atoms with Crippen LogP contribution in [-0.4, -0.2) is 37.3 Å². The first-order valence-electron chi connectivity index (χ1n) is 10.3. The molecule has 0 aliphatic carbocycles. The number of H-pyrrole nitrogens is 1. The Morgan fingerprint density at radius 1 is 1.06 bits per heavy atom. The predicted molar refractivity (Wildman–Crippen MR) is 125 cm³/mol. The molecule has 3 N–H and O–H groups in total. The van der Waals surface area contributed by atoms with Gasteiger partial charge in [-0.1, -0.05) is 56.3 Å². The van der Waals surface area contributed by atoms with Crippen molar-refractivity contribution in [3.8, 4) is 11.3 Å². The highest BCUT2D eigenvalue weighted by atomic mass is 32.1. The Morgan fingerprint density at radius 3 is 2.55 bits per heavy atom. The van der Waals surface area contributed by atoms with E-state index in [2.05, 4.69) is 18.8 Å². The van der Waals surface area contributed by atoms with E-state index in [0.717, 1.165) is 28.1 Å². The van der Waals surface area contributed by atoms with E-state index in [4.69, 9.17) is 15.4 Å². The van der Waals surface area contributed by atoms with Crippen molar-refractivity contribution < 1.29 is 5.11 Å². The van der Waals surface area contributed by atoms with Crippen molar-refractivity contribution in [1.29, 1.82) is 5.41 Å². The number of nitrogens with zero attached hydrogens (tertiary/aromatic N) is 3. The summed E-state index contributed by atoms with van der Waals surface area (Å²) in [6.07, 6.45) is 0. The molecule has 5 rings (SSSR count). The lowest BCUT2D eigenvalue weighted by Gasteiger charge is -2.31. The van der Waals surface area contributed by atoms with Gasteiger partial charge in [-0.3, -0.25) is 5.41 Å². The number of para-hydroxylation sites is 2. The molecule has 0 saturated carbocycles. The Hall–Kier alpha value is -3.45. The molecule has 0 spiro atoms. The van der Waals surface area contributed by atoms with Crippen LogP contribution in [-0.2, 0) is 0 Å². The third-order valence-corrected chi connectivity index (χ3v) is 6.44. The maximum atomic E-state index is 10.8. The highest BCUT2D eigenvalue weighted by molar-refractivity contribution is 7.11. The molecular weight excluding hydrogens is 406 g/mol. The summed E-state index contributed by atoms with van der Waals surface area (Å²) >= 11 is 1.45. The second-order valence-corrected chi connectivity index (χ2v) is 8.89. The third-order valence-electron chi connectivity index (χ3n) is 5.58. The minimum Gasteiger partial charge on any atom is -0.510 e. The van der Waals surface area contributed by atoms with Crippen LogP contribution in [0.3, 0.4) is 0 Å². The van der Waals surface area contributed by atoms with E-state index in [9.17, 15) is 5.11 Å². The molecule has 31 heavy (non-hydrogen) atoms. The van der Waals surface area contributed by atoms with E-state index >= 15 is 0 Å². The molecule has 4 aromatic rings. The zero-order chi connectivity index (χ0) is 21.5. The number of aliphatic hydroxyl groups excluding tert-OH is 1. The number of hydrogen-bond acceptors (Lipinski definition) is 5. The van der Waals surface area contributed by atoms with E-state index in [1.807, 2.05) is 64.9 Å². The van der Waals surface area contributed by atoms with Crippen LogP contribution in [0.15, 0.2) is 65.7 Å². The number of aromatic amines is 1. The van der Waals surface area contributed by atoms with Crippen molar-refractivity contribution in [3.05, 3.63) is 76.6 Å². The van der Waals surface area contributed by atoms with Gasteiger partial charge in [0, 0.05) is 10.9 Å². The lowest BCUT2D eigenvalue weighted by Crippen LogP contribution is -2.35. The summed E-state index contributed by atoms with van der Waals surface area (Å²) in [4.78, 5) is 14.8. The normalized spacial score (nSPS) is 15.5. The molecule has 3 heterocycles. The third kappa shape index (κ3) is 3.41. The first kappa shape index (κ1) is 19.5. The van der Waals surface area contributed by atoms with Gasteiger partial charge >= 0.3 is 0 Å². The van der Waals surface area contributed by atoms with E-state index in [-0.39, 0.29) is 30.1 Å². The SMILES string of the molecule is CC(C)[C@@H](c1nc2ccccc2[nH]1)N1CC(O)=C(c2nc(-c3ccccc3)cs2)C1=N. The van der Waals surface area contributed by atoms with Crippen LogP contribution in [0.25, 0.3) is 27.9 Å². The van der Waals surface area contributed by atoms with E-state index in [0.29, 0.717) is 10.6 Å². The van der Waals surface area contributed by atoms with Gasteiger partial charge in [0.2, 0.25) is 0 Å². The summed E-state index contributed by atoms with van der Waals surface area (Å²) in [6.45, 7) is 4.49. The molecule has 7 heteroatoms. The van der Waals surface area contributed by atoms with Gasteiger partial charge in [0.1, 0.15) is 22.4 Å². The quantitative estimate of drug-likeness (QED) is 0.383. The Bertz CT molecular complexity index is 1250. The monoisotopic (exact) mass is 429 g/mol. The molecule has 0 fully saturated rings. The molecule has 2 aromatic heterocycles. The molecule has 0 saturated heterocycles. The second-order valence-electron chi connectivity index (χ2n) is 8.03. The highest BCUT2D eigenvalue weighted by Gasteiger charge is 2.37. The second kappa shape index (κ2) is 7.67. The lowest BCUT2D eigenvalue weighted by atomic mass is 10.0. The fourth-order valence-electron chi connectivity index (χ4n) is 4.13. The summed E-state index contributed by atoms with van der Waals surface area (Å²) in [7, 11) is 0. The largest absolute Gasteiger partial charge is 0.510 e. The maximum absolute atomic E-state index is 10.8. The zero-order valence-corrected chi connectivity index (χ0v) is 18.1. The van der Waals surface area contributed by atoms with Crippen molar-refractivity contribution in [3.63, 3.8) is 0 Å². The van der Waals surface area contributed by atoms with Crippen LogP contribution in [0.2, 0.25) is 0 Å². The topological polar surface area (TPSA) is 88.9 Å². The van der Waals surface area contributed by atoms with Crippen molar-refractivity contribution in [2.24, 2.45) is 5.92 Å². The van der Waals surface area contributed by atoms with Crippen LogP contribution in [0, 0.1) is 11.3 Å². The fraction of sp³-hybridized carbons (Fsp3) is 0.208. The molecule has 0 bridgehead atoms. The minimum atomic E-state index is -0.159. The number of imidazole rings is 1. The number of hydrogen-bond donors (Lipinski definition) is 3. The summed E-state index contributed by atoms with van der Waals surface area (Å²) in [6, 6.07) is 17.7. The Kier molecular flexibility index (Phi) is 4.82. The molecule has 0 radical (unpaired) electrons. The number of aromatic nitrogens is 3. The van der Waals surface area contributed by atoms with Crippen LogP contribution in [0.5, 0.6) is 0 Å². The van der Waals surface area contributed by atoms with Gasteiger partial charge in [0.25, 0.3) is 0 Å².